The first kappa shape index (κ1) is 16.0. The van der Waals surface area contributed by atoms with Crippen molar-refractivity contribution in [2.75, 3.05) is 18.2 Å². The van der Waals surface area contributed by atoms with Gasteiger partial charge in [-0.2, -0.15) is 0 Å². The number of anilines is 1. The first-order valence-electron chi connectivity index (χ1n) is 6.11. The Balaban J connectivity index is 1.99. The van der Waals surface area contributed by atoms with Gasteiger partial charge >= 0.3 is 0 Å². The number of rotatable bonds is 5. The summed E-state index contributed by atoms with van der Waals surface area (Å²) in [6.07, 6.45) is 0. The fourth-order valence-electron chi connectivity index (χ4n) is 1.69. The van der Waals surface area contributed by atoms with Gasteiger partial charge in [0.2, 0.25) is 5.91 Å². The second-order valence-electron chi connectivity index (χ2n) is 4.09. The molecule has 0 aliphatic heterocycles. The van der Waals surface area contributed by atoms with Gasteiger partial charge < -0.3 is 10.1 Å². The Labute approximate surface area is 137 Å². The number of thioether (sulfide) groups is 1. The molecule has 110 valence electrons. The highest BCUT2D eigenvalue weighted by Gasteiger charge is 2.11. The van der Waals surface area contributed by atoms with Gasteiger partial charge in [0.05, 0.1) is 28.6 Å². The first-order valence-corrected chi connectivity index (χ1v) is 7.85. The van der Waals surface area contributed by atoms with Crippen molar-refractivity contribution >= 4 is 46.6 Å². The van der Waals surface area contributed by atoms with Crippen LogP contribution in [0.2, 0.25) is 10.0 Å². The monoisotopic (exact) mass is 341 g/mol. The van der Waals surface area contributed by atoms with Crippen molar-refractivity contribution in [1.82, 2.24) is 0 Å². The van der Waals surface area contributed by atoms with Crippen molar-refractivity contribution in [3.05, 3.63) is 52.5 Å². The third-order valence-electron chi connectivity index (χ3n) is 2.65. The zero-order valence-corrected chi connectivity index (χ0v) is 13.6. The van der Waals surface area contributed by atoms with E-state index in [1.54, 1.807) is 37.4 Å². The maximum atomic E-state index is 12.0. The third-order valence-corrected chi connectivity index (χ3v) is 4.64. The van der Waals surface area contributed by atoms with Crippen LogP contribution in [0.4, 0.5) is 5.69 Å². The maximum Gasteiger partial charge on any atom is 0.234 e. The fourth-order valence-corrected chi connectivity index (χ4v) is 3.18. The van der Waals surface area contributed by atoms with Gasteiger partial charge in [-0.1, -0.05) is 41.4 Å². The number of ether oxygens (including phenoxy) is 1. The lowest BCUT2D eigenvalue weighted by Crippen LogP contribution is -2.14. The lowest BCUT2D eigenvalue weighted by atomic mass is 10.3. The van der Waals surface area contributed by atoms with Crippen LogP contribution in [0.15, 0.2) is 47.4 Å². The van der Waals surface area contributed by atoms with Crippen LogP contribution < -0.4 is 10.1 Å². The molecule has 2 rings (SSSR count). The van der Waals surface area contributed by atoms with Crippen molar-refractivity contribution in [2.24, 2.45) is 0 Å². The highest BCUT2D eigenvalue weighted by atomic mass is 35.5. The van der Waals surface area contributed by atoms with Crippen LogP contribution in [0.5, 0.6) is 5.75 Å². The van der Waals surface area contributed by atoms with E-state index in [0.29, 0.717) is 26.4 Å². The molecule has 0 aliphatic carbocycles. The molecule has 0 saturated heterocycles. The summed E-state index contributed by atoms with van der Waals surface area (Å²) in [4.78, 5) is 12.7. The van der Waals surface area contributed by atoms with E-state index in [4.69, 9.17) is 27.9 Å². The van der Waals surface area contributed by atoms with E-state index in [9.17, 15) is 4.79 Å². The molecule has 0 aromatic heterocycles. The third kappa shape index (κ3) is 4.30. The van der Waals surface area contributed by atoms with Gasteiger partial charge in [-0.3, -0.25) is 4.79 Å². The van der Waals surface area contributed by atoms with Gasteiger partial charge in [-0.25, -0.2) is 0 Å². The van der Waals surface area contributed by atoms with Crippen molar-refractivity contribution in [1.29, 1.82) is 0 Å². The molecule has 0 radical (unpaired) electrons. The van der Waals surface area contributed by atoms with E-state index >= 15 is 0 Å². The van der Waals surface area contributed by atoms with Gasteiger partial charge in [0.15, 0.2) is 0 Å². The molecule has 0 unspecified atom stereocenters. The number of carbonyl (C=O) groups is 1. The Bertz CT molecular complexity index is 629. The van der Waals surface area contributed by atoms with E-state index in [-0.39, 0.29) is 11.7 Å². The van der Waals surface area contributed by atoms with Crippen molar-refractivity contribution in [3.8, 4) is 5.75 Å². The predicted molar refractivity (Wildman–Crippen MR) is 88.8 cm³/mol. The lowest BCUT2D eigenvalue weighted by Gasteiger charge is -2.10. The average molecular weight is 342 g/mol. The Kier molecular flexibility index (Phi) is 5.79. The van der Waals surface area contributed by atoms with Crippen LogP contribution in [0.25, 0.3) is 0 Å². The molecule has 2 aromatic carbocycles. The predicted octanol–water partition coefficient (Wildman–Crippen LogP) is 4.73. The van der Waals surface area contributed by atoms with E-state index in [1.807, 2.05) is 12.1 Å². The van der Waals surface area contributed by atoms with Gasteiger partial charge in [0.1, 0.15) is 5.75 Å². The Morgan fingerprint density at radius 1 is 1.14 bits per heavy atom. The molecule has 1 N–H and O–H groups in total. The minimum Gasteiger partial charge on any atom is -0.495 e. The minimum absolute atomic E-state index is 0.152. The summed E-state index contributed by atoms with van der Waals surface area (Å²) in [6, 6.07) is 12.5. The molecule has 21 heavy (non-hydrogen) atoms. The van der Waals surface area contributed by atoms with Gasteiger partial charge in [-0.05, 0) is 24.3 Å². The molecule has 0 heterocycles. The smallest absolute Gasteiger partial charge is 0.234 e. The molecular formula is C15H13Cl2NO2S. The largest absolute Gasteiger partial charge is 0.495 e. The topological polar surface area (TPSA) is 38.3 Å². The molecule has 0 bridgehead atoms. The number of amides is 1. The molecule has 0 atom stereocenters. The zero-order chi connectivity index (χ0) is 15.2. The van der Waals surface area contributed by atoms with Crippen molar-refractivity contribution in [2.45, 2.75) is 4.90 Å². The summed E-state index contributed by atoms with van der Waals surface area (Å²) in [7, 11) is 1.56. The number of methoxy groups -OCH3 is 1. The molecule has 0 saturated carbocycles. The number of hydrogen-bond acceptors (Lipinski definition) is 3. The summed E-state index contributed by atoms with van der Waals surface area (Å²) < 4.78 is 5.18. The highest BCUT2D eigenvalue weighted by molar-refractivity contribution is 8.00. The molecule has 2 aromatic rings. The van der Waals surface area contributed by atoms with Crippen LogP contribution in [-0.4, -0.2) is 18.8 Å². The summed E-state index contributed by atoms with van der Waals surface area (Å²) in [6.45, 7) is 0. The Morgan fingerprint density at radius 2 is 1.81 bits per heavy atom. The SMILES string of the molecule is COc1ccccc1NC(=O)CSc1c(Cl)cccc1Cl. The van der Waals surface area contributed by atoms with E-state index in [0.717, 1.165) is 0 Å². The van der Waals surface area contributed by atoms with Crippen LogP contribution in [0.1, 0.15) is 0 Å². The van der Waals surface area contributed by atoms with E-state index < -0.39 is 0 Å². The summed E-state index contributed by atoms with van der Waals surface area (Å²) >= 11 is 13.4. The quantitative estimate of drug-likeness (QED) is 0.798. The number of hydrogen-bond donors (Lipinski definition) is 1. The maximum absolute atomic E-state index is 12.0. The van der Waals surface area contributed by atoms with E-state index in [2.05, 4.69) is 5.32 Å². The van der Waals surface area contributed by atoms with Gasteiger partial charge in [-0.15, -0.1) is 11.8 Å². The number of carbonyl (C=O) groups excluding carboxylic acids is 1. The van der Waals surface area contributed by atoms with Crippen LogP contribution in [0, 0.1) is 0 Å². The molecule has 0 aliphatic rings. The molecule has 6 heteroatoms. The number of nitrogens with one attached hydrogen (secondary N) is 1. The minimum atomic E-state index is -0.152. The first-order chi connectivity index (χ1) is 10.1. The zero-order valence-electron chi connectivity index (χ0n) is 11.2. The van der Waals surface area contributed by atoms with E-state index in [1.165, 1.54) is 11.8 Å². The van der Waals surface area contributed by atoms with Crippen molar-refractivity contribution < 1.29 is 9.53 Å². The Hall–Kier alpha value is -1.36. The Morgan fingerprint density at radius 3 is 2.48 bits per heavy atom. The normalized spacial score (nSPS) is 10.2. The summed E-state index contributed by atoms with van der Waals surface area (Å²) in [5.41, 5.74) is 0.635. The number of benzene rings is 2. The molecular weight excluding hydrogens is 329 g/mol. The molecule has 1 amide bonds. The summed E-state index contributed by atoms with van der Waals surface area (Å²) in [5, 5.41) is 3.88. The highest BCUT2D eigenvalue weighted by Crippen LogP contribution is 2.34. The average Bonchev–Trinajstić information content (AvgIpc) is 2.47. The second-order valence-corrected chi connectivity index (χ2v) is 5.89. The molecule has 0 fully saturated rings. The van der Waals surface area contributed by atoms with Gasteiger partial charge in [0.25, 0.3) is 0 Å². The van der Waals surface area contributed by atoms with Crippen LogP contribution in [-0.2, 0) is 4.79 Å². The van der Waals surface area contributed by atoms with Gasteiger partial charge in [0, 0.05) is 4.90 Å². The standard InChI is InChI=1S/C15H13Cl2NO2S/c1-20-13-8-3-2-7-12(13)18-14(19)9-21-15-10(16)5-4-6-11(15)17/h2-8H,9H2,1H3,(H,18,19). The summed E-state index contributed by atoms with van der Waals surface area (Å²) in [5.74, 6) is 0.675. The van der Waals surface area contributed by atoms with Crippen LogP contribution in [0.3, 0.4) is 0 Å². The lowest BCUT2D eigenvalue weighted by molar-refractivity contribution is -0.113. The van der Waals surface area contributed by atoms with Crippen LogP contribution >= 0.6 is 35.0 Å². The molecule has 3 nitrogen and oxygen atoms in total. The number of para-hydroxylation sites is 2. The number of halogens is 2. The van der Waals surface area contributed by atoms with Crippen molar-refractivity contribution in [3.63, 3.8) is 0 Å². The molecule has 0 spiro atoms. The second kappa shape index (κ2) is 7.59. The fraction of sp³-hybridized carbons (Fsp3) is 0.133.